The van der Waals surface area contributed by atoms with Gasteiger partial charge in [0.05, 0.1) is 35.9 Å². The number of hydrogen-bond donors (Lipinski definition) is 1. The summed E-state index contributed by atoms with van der Waals surface area (Å²) < 4.78 is 36.8. The summed E-state index contributed by atoms with van der Waals surface area (Å²) >= 11 is 0. The van der Waals surface area contributed by atoms with Crippen molar-refractivity contribution in [2.45, 2.75) is 20.0 Å². The minimum Gasteiger partial charge on any atom is -0.748 e. The molecule has 0 bridgehead atoms. The van der Waals surface area contributed by atoms with Crippen LogP contribution in [0.4, 0.5) is 0 Å². The van der Waals surface area contributed by atoms with Crippen molar-refractivity contribution in [2.75, 3.05) is 39.5 Å². The second kappa shape index (κ2) is 7.18. The van der Waals surface area contributed by atoms with Gasteiger partial charge in [0.15, 0.2) is 0 Å². The first-order valence-corrected chi connectivity index (χ1v) is 7.61. The van der Waals surface area contributed by atoms with Crippen molar-refractivity contribution < 1.29 is 32.1 Å². The van der Waals surface area contributed by atoms with E-state index >= 15 is 0 Å². The first-order chi connectivity index (χ1) is 8.43. The molecule has 0 saturated carbocycles. The van der Waals surface area contributed by atoms with Gasteiger partial charge >= 0.3 is 5.97 Å². The van der Waals surface area contributed by atoms with Crippen molar-refractivity contribution in [2.24, 2.45) is 5.92 Å². The Balaban J connectivity index is 4.14. The third-order valence-electron chi connectivity index (χ3n) is 2.51. The van der Waals surface area contributed by atoms with Crippen LogP contribution in [0, 0.1) is 5.92 Å². The smallest absolute Gasteiger partial charge is 0.308 e. The number of ether oxygens (including phenoxy) is 1. The second-order valence-corrected chi connectivity index (χ2v) is 6.99. The molecule has 7 nitrogen and oxygen atoms in total. The Kier molecular flexibility index (Phi) is 6.92. The van der Waals surface area contributed by atoms with Gasteiger partial charge in [0, 0.05) is 0 Å². The number of aliphatic hydroxyl groups is 1. The number of hydrogen-bond acceptors (Lipinski definition) is 6. The van der Waals surface area contributed by atoms with Crippen molar-refractivity contribution in [3.8, 4) is 0 Å². The summed E-state index contributed by atoms with van der Waals surface area (Å²) in [6.07, 6.45) is -1.22. The molecular weight excluding hydrogens is 274 g/mol. The minimum atomic E-state index is -4.44. The number of quaternary nitrogens is 1. The molecule has 0 aliphatic rings. The number of esters is 1. The van der Waals surface area contributed by atoms with E-state index in [1.165, 1.54) is 0 Å². The average molecular weight is 297 g/mol. The van der Waals surface area contributed by atoms with Crippen LogP contribution in [0.2, 0.25) is 0 Å². The van der Waals surface area contributed by atoms with Crippen LogP contribution >= 0.6 is 0 Å². The van der Waals surface area contributed by atoms with E-state index < -0.39 is 22.0 Å². The molecule has 8 heteroatoms. The molecule has 0 fully saturated rings. The van der Waals surface area contributed by atoms with E-state index in [0.29, 0.717) is 6.54 Å². The maximum atomic E-state index is 11.2. The number of likely N-dealkylation sites (N-methyl/N-ethyl adjacent to an activating group) is 1. The molecule has 0 amide bonds. The Morgan fingerprint density at radius 2 is 1.89 bits per heavy atom. The minimum absolute atomic E-state index is 0.0979. The predicted molar refractivity (Wildman–Crippen MR) is 68.2 cm³/mol. The van der Waals surface area contributed by atoms with Gasteiger partial charge in [0.25, 0.3) is 0 Å². The standard InChI is InChI=1S/C11H23NO6S/c1-9(2)11(14)18-6-5-12(3,4)7-10(13)8-19(15,16)17/h9-10,13H,5-8H2,1-4H3. The zero-order chi connectivity index (χ0) is 15.3. The molecule has 19 heavy (non-hydrogen) atoms. The van der Waals surface area contributed by atoms with Crippen LogP contribution in [0.25, 0.3) is 0 Å². The first-order valence-electron chi connectivity index (χ1n) is 6.03. The number of carbonyl (C=O) groups excluding carboxylic acids is 1. The lowest BCUT2D eigenvalue weighted by Gasteiger charge is -2.31. The Morgan fingerprint density at radius 3 is 2.32 bits per heavy atom. The van der Waals surface area contributed by atoms with Gasteiger partial charge in [-0.1, -0.05) is 13.8 Å². The van der Waals surface area contributed by atoms with Crippen molar-refractivity contribution in [3.63, 3.8) is 0 Å². The first kappa shape index (κ1) is 18.3. The van der Waals surface area contributed by atoms with E-state index in [2.05, 4.69) is 0 Å². The average Bonchev–Trinajstić information content (AvgIpc) is 2.12. The maximum absolute atomic E-state index is 11.2. The van der Waals surface area contributed by atoms with E-state index in [1.807, 2.05) is 0 Å². The molecule has 0 spiro atoms. The molecule has 1 unspecified atom stereocenters. The molecule has 0 radical (unpaired) electrons. The van der Waals surface area contributed by atoms with Crippen LogP contribution in [-0.2, 0) is 19.6 Å². The molecule has 114 valence electrons. The van der Waals surface area contributed by atoms with Gasteiger partial charge in [0.1, 0.15) is 25.8 Å². The SMILES string of the molecule is CC(C)C(=O)OCC[N+](C)(C)CC(O)CS(=O)(=O)[O-]. The molecule has 0 heterocycles. The Hall–Kier alpha value is -0.700. The van der Waals surface area contributed by atoms with Crippen LogP contribution in [0.15, 0.2) is 0 Å². The van der Waals surface area contributed by atoms with Gasteiger partial charge in [-0.2, -0.15) is 0 Å². The highest BCUT2D eigenvalue weighted by atomic mass is 32.2. The van der Waals surface area contributed by atoms with Crippen molar-refractivity contribution in [3.05, 3.63) is 0 Å². The molecule has 0 aliphatic carbocycles. The molecule has 0 aromatic heterocycles. The zero-order valence-corrected chi connectivity index (χ0v) is 12.6. The fourth-order valence-electron chi connectivity index (χ4n) is 1.51. The van der Waals surface area contributed by atoms with Gasteiger partial charge in [-0.25, -0.2) is 8.42 Å². The molecule has 0 aromatic rings. The lowest BCUT2D eigenvalue weighted by atomic mass is 10.2. The monoisotopic (exact) mass is 297 g/mol. The lowest BCUT2D eigenvalue weighted by molar-refractivity contribution is -0.893. The largest absolute Gasteiger partial charge is 0.748 e. The predicted octanol–water partition coefficient (Wildman–Crippen LogP) is -0.832. The van der Waals surface area contributed by atoms with E-state index in [-0.39, 0.29) is 29.5 Å². The van der Waals surface area contributed by atoms with Crippen molar-refractivity contribution in [1.82, 2.24) is 0 Å². The summed E-state index contributed by atoms with van der Waals surface area (Å²) in [7, 11) is -0.929. The van der Waals surface area contributed by atoms with Crippen molar-refractivity contribution >= 4 is 16.1 Å². The maximum Gasteiger partial charge on any atom is 0.308 e. The zero-order valence-electron chi connectivity index (χ0n) is 11.8. The third-order valence-corrected chi connectivity index (χ3v) is 3.31. The van der Waals surface area contributed by atoms with E-state index in [4.69, 9.17) is 4.74 Å². The Morgan fingerprint density at radius 1 is 1.37 bits per heavy atom. The van der Waals surface area contributed by atoms with Crippen LogP contribution in [0.5, 0.6) is 0 Å². The van der Waals surface area contributed by atoms with Gasteiger partial charge < -0.3 is 18.9 Å². The summed E-state index contributed by atoms with van der Waals surface area (Å²) in [6.45, 7) is 4.16. The summed E-state index contributed by atoms with van der Waals surface area (Å²) in [5, 5.41) is 9.51. The Labute approximate surface area is 114 Å². The topological polar surface area (TPSA) is 104 Å². The Bertz CT molecular complexity index is 390. The fraction of sp³-hybridized carbons (Fsp3) is 0.909. The number of nitrogens with zero attached hydrogens (tertiary/aromatic N) is 1. The van der Waals surface area contributed by atoms with Gasteiger partial charge in [0.2, 0.25) is 0 Å². The summed E-state index contributed by atoms with van der Waals surface area (Å²) in [5.74, 6) is -1.31. The molecule has 0 aliphatic heterocycles. The van der Waals surface area contributed by atoms with Crippen LogP contribution in [-0.4, -0.2) is 74.2 Å². The number of carbonyl (C=O) groups is 1. The highest BCUT2D eigenvalue weighted by Crippen LogP contribution is 2.03. The molecular formula is C11H23NO6S. The highest BCUT2D eigenvalue weighted by molar-refractivity contribution is 7.85. The molecule has 0 aromatic carbocycles. The normalized spacial score (nSPS) is 14.5. The molecule has 0 saturated heterocycles. The van der Waals surface area contributed by atoms with Crippen LogP contribution in [0.1, 0.15) is 13.8 Å². The van der Waals surface area contributed by atoms with Gasteiger partial charge in [-0.3, -0.25) is 4.79 Å². The quantitative estimate of drug-likeness (QED) is 0.356. The van der Waals surface area contributed by atoms with E-state index in [9.17, 15) is 22.9 Å². The van der Waals surface area contributed by atoms with Gasteiger partial charge in [-0.15, -0.1) is 0 Å². The van der Waals surface area contributed by atoms with Crippen LogP contribution < -0.4 is 0 Å². The highest BCUT2D eigenvalue weighted by Gasteiger charge is 2.22. The molecule has 1 N–H and O–H groups in total. The van der Waals surface area contributed by atoms with Gasteiger partial charge in [-0.05, 0) is 0 Å². The summed E-state index contributed by atoms with van der Waals surface area (Å²) in [6, 6.07) is 0. The fourth-order valence-corrected chi connectivity index (χ4v) is 2.09. The summed E-state index contributed by atoms with van der Waals surface area (Å²) in [5.41, 5.74) is 0. The second-order valence-electron chi connectivity index (χ2n) is 5.54. The van der Waals surface area contributed by atoms with E-state index in [1.54, 1.807) is 27.9 Å². The third kappa shape index (κ3) is 9.83. The number of rotatable bonds is 8. The van der Waals surface area contributed by atoms with E-state index in [0.717, 1.165) is 0 Å². The number of aliphatic hydroxyl groups excluding tert-OH is 1. The lowest BCUT2D eigenvalue weighted by Crippen LogP contribution is -2.49. The van der Waals surface area contributed by atoms with Crippen LogP contribution in [0.3, 0.4) is 0 Å². The summed E-state index contributed by atoms with van der Waals surface area (Å²) in [4.78, 5) is 11.2. The molecule has 0 rings (SSSR count). The van der Waals surface area contributed by atoms with Crippen molar-refractivity contribution in [1.29, 1.82) is 0 Å². The molecule has 1 atom stereocenters.